The second-order valence-electron chi connectivity index (χ2n) is 4.47. The molecule has 0 aliphatic heterocycles. The average Bonchev–Trinajstić information content (AvgIpc) is 2.34. The van der Waals surface area contributed by atoms with Crippen molar-refractivity contribution in [2.75, 3.05) is 20.1 Å². The van der Waals surface area contributed by atoms with Gasteiger partial charge in [0.05, 0.1) is 0 Å². The van der Waals surface area contributed by atoms with E-state index < -0.39 is 0 Å². The van der Waals surface area contributed by atoms with Crippen molar-refractivity contribution in [2.24, 2.45) is 0 Å². The number of nitrogens with one attached hydrogen (secondary N) is 2. The van der Waals surface area contributed by atoms with E-state index in [1.165, 1.54) is 11.1 Å². The van der Waals surface area contributed by atoms with E-state index in [4.69, 9.17) is 0 Å². The second-order valence-corrected chi connectivity index (χ2v) is 4.47. The van der Waals surface area contributed by atoms with E-state index in [9.17, 15) is 4.79 Å². The minimum atomic E-state index is 0. The fourth-order valence-corrected chi connectivity index (χ4v) is 1.61. The summed E-state index contributed by atoms with van der Waals surface area (Å²) in [4.78, 5) is 11.4. The smallest absolute Gasteiger partial charge is 0.221 e. The number of carbonyl (C=O) groups is 1. The number of rotatable bonds is 6. The van der Waals surface area contributed by atoms with Gasteiger partial charge in [-0.2, -0.15) is 0 Å². The predicted octanol–water partition coefficient (Wildman–Crippen LogP) is 2.25. The number of carbonyl (C=O) groups excluding carboxylic acids is 1. The summed E-state index contributed by atoms with van der Waals surface area (Å²) in [5.41, 5.74) is 2.53. The highest BCUT2D eigenvalue weighted by Crippen LogP contribution is 2.14. The summed E-state index contributed by atoms with van der Waals surface area (Å²) < 4.78 is 0. The first-order valence-corrected chi connectivity index (χ1v) is 6.11. The summed E-state index contributed by atoms with van der Waals surface area (Å²) in [6, 6.07) is 8.46. The van der Waals surface area contributed by atoms with E-state index in [0.717, 1.165) is 6.54 Å². The predicted molar refractivity (Wildman–Crippen MR) is 78.4 cm³/mol. The van der Waals surface area contributed by atoms with Crippen LogP contribution in [0.4, 0.5) is 0 Å². The Balaban J connectivity index is 0.00000289. The molecule has 1 unspecified atom stereocenters. The molecule has 4 heteroatoms. The van der Waals surface area contributed by atoms with E-state index in [1.54, 1.807) is 0 Å². The van der Waals surface area contributed by atoms with E-state index in [2.05, 4.69) is 48.7 Å². The Morgan fingerprint density at radius 2 is 1.89 bits per heavy atom. The Morgan fingerprint density at radius 1 is 1.28 bits per heavy atom. The monoisotopic (exact) mass is 270 g/mol. The molecule has 1 aromatic rings. The van der Waals surface area contributed by atoms with Crippen molar-refractivity contribution in [3.8, 4) is 0 Å². The third-order valence-electron chi connectivity index (χ3n) is 2.85. The minimum absolute atomic E-state index is 0. The first-order chi connectivity index (χ1) is 8.13. The van der Waals surface area contributed by atoms with Crippen LogP contribution in [0.15, 0.2) is 24.3 Å². The van der Waals surface area contributed by atoms with Gasteiger partial charge in [-0.05, 0) is 25.5 Å². The van der Waals surface area contributed by atoms with Crippen LogP contribution in [0.1, 0.15) is 30.4 Å². The van der Waals surface area contributed by atoms with Gasteiger partial charge in [0, 0.05) is 19.5 Å². The fourth-order valence-electron chi connectivity index (χ4n) is 1.61. The molecule has 1 atom stereocenters. The zero-order valence-electron chi connectivity index (χ0n) is 11.3. The van der Waals surface area contributed by atoms with Crippen molar-refractivity contribution in [3.63, 3.8) is 0 Å². The maximum absolute atomic E-state index is 11.4. The summed E-state index contributed by atoms with van der Waals surface area (Å²) in [6.07, 6.45) is 0.539. The van der Waals surface area contributed by atoms with E-state index in [0.29, 0.717) is 18.9 Å². The van der Waals surface area contributed by atoms with E-state index in [1.807, 2.05) is 7.05 Å². The topological polar surface area (TPSA) is 41.1 Å². The highest BCUT2D eigenvalue weighted by Gasteiger charge is 2.07. The van der Waals surface area contributed by atoms with Gasteiger partial charge < -0.3 is 10.6 Å². The highest BCUT2D eigenvalue weighted by molar-refractivity contribution is 5.85. The van der Waals surface area contributed by atoms with Crippen LogP contribution in [0.2, 0.25) is 0 Å². The summed E-state index contributed by atoms with van der Waals surface area (Å²) in [6.45, 7) is 5.63. The van der Waals surface area contributed by atoms with Crippen molar-refractivity contribution in [1.29, 1.82) is 0 Å². The van der Waals surface area contributed by atoms with Crippen LogP contribution in [0, 0.1) is 6.92 Å². The number of halogens is 1. The molecule has 0 bridgehead atoms. The Bertz CT molecular complexity index is 351. The lowest BCUT2D eigenvalue weighted by Crippen LogP contribution is -2.29. The number of hydrogen-bond donors (Lipinski definition) is 2. The SMILES string of the molecule is CNCCC(=O)NCC(C)c1ccc(C)cc1.Cl. The summed E-state index contributed by atoms with van der Waals surface area (Å²) >= 11 is 0. The largest absolute Gasteiger partial charge is 0.355 e. The highest BCUT2D eigenvalue weighted by atomic mass is 35.5. The second kappa shape index (κ2) is 8.95. The Hall–Kier alpha value is -1.06. The quantitative estimate of drug-likeness (QED) is 0.832. The van der Waals surface area contributed by atoms with E-state index >= 15 is 0 Å². The molecule has 0 radical (unpaired) electrons. The van der Waals surface area contributed by atoms with Crippen LogP contribution >= 0.6 is 12.4 Å². The molecule has 0 aromatic heterocycles. The molecule has 1 amide bonds. The van der Waals surface area contributed by atoms with Crippen LogP contribution in [0.25, 0.3) is 0 Å². The zero-order chi connectivity index (χ0) is 12.7. The van der Waals surface area contributed by atoms with Crippen LogP contribution in [-0.4, -0.2) is 26.0 Å². The molecule has 0 aliphatic carbocycles. The van der Waals surface area contributed by atoms with E-state index in [-0.39, 0.29) is 18.3 Å². The molecule has 102 valence electrons. The third-order valence-corrected chi connectivity index (χ3v) is 2.85. The molecule has 0 spiro atoms. The lowest BCUT2D eigenvalue weighted by atomic mass is 10.00. The van der Waals surface area contributed by atoms with Crippen molar-refractivity contribution in [1.82, 2.24) is 10.6 Å². The summed E-state index contributed by atoms with van der Waals surface area (Å²) in [5, 5.41) is 5.91. The molecule has 0 saturated heterocycles. The molecule has 0 fully saturated rings. The Morgan fingerprint density at radius 3 is 2.44 bits per heavy atom. The molecule has 1 rings (SSSR count). The molecular formula is C14H23ClN2O. The first-order valence-electron chi connectivity index (χ1n) is 6.11. The van der Waals surface area contributed by atoms with Gasteiger partial charge in [0.15, 0.2) is 0 Å². The number of aryl methyl sites for hydroxylation is 1. The minimum Gasteiger partial charge on any atom is -0.355 e. The number of hydrogen-bond acceptors (Lipinski definition) is 2. The first kappa shape index (κ1) is 16.9. The number of amides is 1. The molecular weight excluding hydrogens is 248 g/mol. The average molecular weight is 271 g/mol. The molecule has 0 heterocycles. The molecule has 2 N–H and O–H groups in total. The van der Waals surface area contributed by atoms with Gasteiger partial charge >= 0.3 is 0 Å². The zero-order valence-corrected chi connectivity index (χ0v) is 12.1. The standard InChI is InChI=1S/C14H22N2O.ClH/c1-11-4-6-13(7-5-11)12(2)10-16-14(17)8-9-15-3;/h4-7,12,15H,8-10H2,1-3H3,(H,16,17);1H. The summed E-state index contributed by atoms with van der Waals surface area (Å²) in [5.74, 6) is 0.465. The van der Waals surface area contributed by atoms with Crippen molar-refractivity contribution >= 4 is 18.3 Å². The van der Waals surface area contributed by atoms with Gasteiger partial charge in [-0.15, -0.1) is 12.4 Å². The van der Waals surface area contributed by atoms with Gasteiger partial charge in [-0.25, -0.2) is 0 Å². The van der Waals surface area contributed by atoms with Crippen molar-refractivity contribution in [3.05, 3.63) is 35.4 Å². The normalized spacial score (nSPS) is 11.5. The fraction of sp³-hybridized carbons (Fsp3) is 0.500. The molecule has 0 saturated carbocycles. The Labute approximate surface area is 116 Å². The maximum Gasteiger partial charge on any atom is 0.221 e. The molecule has 1 aromatic carbocycles. The van der Waals surface area contributed by atoms with Crippen LogP contribution in [0.3, 0.4) is 0 Å². The van der Waals surface area contributed by atoms with Crippen molar-refractivity contribution in [2.45, 2.75) is 26.2 Å². The van der Waals surface area contributed by atoms with Crippen molar-refractivity contribution < 1.29 is 4.79 Å². The van der Waals surface area contributed by atoms with Crippen LogP contribution < -0.4 is 10.6 Å². The van der Waals surface area contributed by atoms with Crippen LogP contribution in [-0.2, 0) is 4.79 Å². The third kappa shape index (κ3) is 6.03. The Kier molecular flexibility index (Phi) is 8.42. The van der Waals surface area contributed by atoms with Gasteiger partial charge in [-0.3, -0.25) is 4.79 Å². The molecule has 18 heavy (non-hydrogen) atoms. The lowest BCUT2D eigenvalue weighted by molar-refractivity contribution is -0.121. The summed E-state index contributed by atoms with van der Waals surface area (Å²) in [7, 11) is 1.85. The van der Waals surface area contributed by atoms with Gasteiger partial charge in [0.1, 0.15) is 0 Å². The number of benzene rings is 1. The van der Waals surface area contributed by atoms with Crippen LogP contribution in [0.5, 0.6) is 0 Å². The van der Waals surface area contributed by atoms with Gasteiger partial charge in [-0.1, -0.05) is 36.8 Å². The van der Waals surface area contributed by atoms with Gasteiger partial charge in [0.2, 0.25) is 5.91 Å². The molecule has 0 aliphatic rings. The van der Waals surface area contributed by atoms with Gasteiger partial charge in [0.25, 0.3) is 0 Å². The molecule has 3 nitrogen and oxygen atoms in total. The lowest BCUT2D eigenvalue weighted by Gasteiger charge is -2.13. The maximum atomic E-state index is 11.4.